The molecule has 6 nitrogen and oxygen atoms in total. The van der Waals surface area contributed by atoms with E-state index < -0.39 is 36.6 Å². The second-order valence-corrected chi connectivity index (χ2v) is 8.77. The van der Waals surface area contributed by atoms with Gasteiger partial charge in [0.15, 0.2) is 0 Å². The molecule has 1 aromatic rings. The molecule has 1 aliphatic heterocycles. The van der Waals surface area contributed by atoms with Crippen LogP contribution in [0, 0.1) is 17.6 Å². The van der Waals surface area contributed by atoms with E-state index in [0.29, 0.717) is 12.5 Å². The van der Waals surface area contributed by atoms with Crippen molar-refractivity contribution in [3.05, 3.63) is 41.8 Å². The molecule has 0 bridgehead atoms. The lowest BCUT2D eigenvalue weighted by molar-refractivity contribution is 0.449. The molecule has 1 atom stereocenters. The van der Waals surface area contributed by atoms with Gasteiger partial charge in [-0.15, -0.1) is 0 Å². The van der Waals surface area contributed by atoms with Gasteiger partial charge in [0, 0.05) is 31.1 Å². The Balaban J connectivity index is 2.10. The Hall–Kier alpha value is -1.36. The van der Waals surface area contributed by atoms with E-state index in [2.05, 4.69) is 11.3 Å². The first-order valence-corrected chi connectivity index (χ1v) is 9.71. The smallest absolute Gasteiger partial charge is 0.211 e. The molecule has 1 N–H and O–H groups in total. The lowest BCUT2D eigenvalue weighted by Gasteiger charge is -2.17. The fourth-order valence-electron chi connectivity index (χ4n) is 2.30. The number of hydrogen-bond acceptors (Lipinski definition) is 4. The number of benzene rings is 1. The summed E-state index contributed by atoms with van der Waals surface area (Å²) in [4.78, 5) is -0.591. The quantitative estimate of drug-likeness (QED) is 0.815. The normalized spacial score (nSPS) is 19.8. The average molecular weight is 366 g/mol. The summed E-state index contributed by atoms with van der Waals surface area (Å²) in [5.41, 5.74) is 0. The Morgan fingerprint density at radius 3 is 2.61 bits per heavy atom. The van der Waals surface area contributed by atoms with Crippen LogP contribution < -0.4 is 4.72 Å². The first-order valence-electron chi connectivity index (χ1n) is 6.73. The number of halogens is 2. The van der Waals surface area contributed by atoms with Gasteiger partial charge >= 0.3 is 0 Å². The fourth-order valence-corrected chi connectivity index (χ4v) is 4.46. The zero-order valence-electron chi connectivity index (χ0n) is 12.1. The largest absolute Gasteiger partial charge is 0.245 e. The van der Waals surface area contributed by atoms with Gasteiger partial charge in [-0.3, -0.25) is 0 Å². The highest BCUT2D eigenvalue weighted by atomic mass is 32.2. The van der Waals surface area contributed by atoms with Crippen LogP contribution in [0.4, 0.5) is 8.78 Å². The highest BCUT2D eigenvalue weighted by Crippen LogP contribution is 2.26. The molecule has 1 heterocycles. The van der Waals surface area contributed by atoms with Gasteiger partial charge in [-0.05, 0) is 24.5 Å². The maximum absolute atomic E-state index is 13.7. The van der Waals surface area contributed by atoms with E-state index in [9.17, 15) is 25.6 Å². The lowest BCUT2D eigenvalue weighted by atomic mass is 10.1. The molecule has 0 aliphatic carbocycles. The summed E-state index contributed by atoms with van der Waals surface area (Å²) in [5, 5.41) is 0.768. The number of hydrogen-bond donors (Lipinski definition) is 1. The number of sulfonamides is 2. The summed E-state index contributed by atoms with van der Waals surface area (Å²) in [6, 6.07) is 2.27. The summed E-state index contributed by atoms with van der Waals surface area (Å²) in [6.07, 6.45) is 0.432. The van der Waals surface area contributed by atoms with Gasteiger partial charge in [0.25, 0.3) is 0 Å². The molecule has 0 aromatic heterocycles. The zero-order valence-corrected chi connectivity index (χ0v) is 13.7. The highest BCUT2D eigenvalue weighted by molar-refractivity contribution is 7.92. The van der Waals surface area contributed by atoms with Crippen molar-refractivity contribution in [2.45, 2.75) is 11.3 Å². The lowest BCUT2D eigenvalue weighted by Crippen LogP contribution is -2.32. The van der Waals surface area contributed by atoms with Crippen LogP contribution in [0.25, 0.3) is 0 Å². The van der Waals surface area contributed by atoms with Crippen molar-refractivity contribution in [3.63, 3.8) is 0 Å². The molecule has 0 saturated carbocycles. The van der Waals surface area contributed by atoms with Crippen molar-refractivity contribution < 1.29 is 25.6 Å². The van der Waals surface area contributed by atoms with Gasteiger partial charge in [0.1, 0.15) is 16.5 Å². The fraction of sp³-hybridized carbons (Fsp3) is 0.385. The molecule has 0 unspecified atom stereocenters. The minimum Gasteiger partial charge on any atom is -0.211 e. The summed E-state index contributed by atoms with van der Waals surface area (Å²) < 4.78 is 77.3. The van der Waals surface area contributed by atoms with Crippen LogP contribution in [-0.4, -0.2) is 40.8 Å². The number of nitrogens with one attached hydrogen (secondary N) is 1. The van der Waals surface area contributed by atoms with Crippen LogP contribution in [0.3, 0.4) is 0 Å². The van der Waals surface area contributed by atoms with Crippen LogP contribution in [0.1, 0.15) is 6.42 Å². The summed E-state index contributed by atoms with van der Waals surface area (Å²) >= 11 is 0. The molecule has 1 fully saturated rings. The van der Waals surface area contributed by atoms with Gasteiger partial charge in [0.05, 0.1) is 0 Å². The Bertz CT molecular complexity index is 809. The first-order chi connectivity index (χ1) is 10.7. The molecule has 0 radical (unpaired) electrons. The van der Waals surface area contributed by atoms with E-state index >= 15 is 0 Å². The monoisotopic (exact) mass is 366 g/mol. The van der Waals surface area contributed by atoms with Crippen LogP contribution in [0.15, 0.2) is 35.1 Å². The van der Waals surface area contributed by atoms with E-state index in [1.165, 1.54) is 0 Å². The molecule has 0 amide bonds. The van der Waals surface area contributed by atoms with Crippen LogP contribution in [-0.2, 0) is 20.0 Å². The van der Waals surface area contributed by atoms with Crippen LogP contribution in [0.5, 0.6) is 0 Å². The molecule has 128 valence electrons. The molecule has 10 heteroatoms. The Morgan fingerprint density at radius 2 is 2.00 bits per heavy atom. The third-order valence-electron chi connectivity index (χ3n) is 3.55. The van der Waals surface area contributed by atoms with Gasteiger partial charge in [-0.1, -0.05) is 6.58 Å². The molecule has 0 spiro atoms. The number of rotatable bonds is 6. The maximum Gasteiger partial charge on any atom is 0.245 e. The molecular formula is C13H16F2N2O4S2. The van der Waals surface area contributed by atoms with Crippen molar-refractivity contribution in [3.8, 4) is 0 Å². The van der Waals surface area contributed by atoms with E-state index in [4.69, 9.17) is 0 Å². The Labute approximate surface area is 133 Å². The summed E-state index contributed by atoms with van der Waals surface area (Å²) in [6.45, 7) is 3.41. The second-order valence-electron chi connectivity index (χ2n) is 5.15. The average Bonchev–Trinajstić information content (AvgIpc) is 2.94. The zero-order chi connectivity index (χ0) is 17.3. The second kappa shape index (κ2) is 6.63. The van der Waals surface area contributed by atoms with Crippen molar-refractivity contribution in [1.29, 1.82) is 0 Å². The Kier molecular flexibility index (Phi) is 5.19. The standard InChI is InChI=1S/C13H16F2N2O4S2/c1-2-22(18,19)16-8-10-5-6-17(9-10)23(20,21)13-4-3-11(14)7-12(13)15/h2-4,7,10,16H,1,5-6,8-9H2/t10-/m1/s1. The molecule has 1 aliphatic rings. The predicted octanol–water partition coefficient (Wildman–Crippen LogP) is 1.04. The van der Waals surface area contributed by atoms with Crippen LogP contribution in [0.2, 0.25) is 0 Å². The van der Waals surface area contributed by atoms with Crippen molar-refractivity contribution in [1.82, 2.24) is 9.03 Å². The third kappa shape index (κ3) is 4.14. The van der Waals surface area contributed by atoms with E-state index in [1.54, 1.807) is 0 Å². The van der Waals surface area contributed by atoms with Gasteiger partial charge in [0.2, 0.25) is 20.0 Å². The Morgan fingerprint density at radius 1 is 1.30 bits per heavy atom. The van der Waals surface area contributed by atoms with E-state index in [1.807, 2.05) is 0 Å². The molecule has 1 aromatic carbocycles. The van der Waals surface area contributed by atoms with Gasteiger partial charge in [-0.25, -0.2) is 30.3 Å². The van der Waals surface area contributed by atoms with Crippen molar-refractivity contribution in [2.24, 2.45) is 5.92 Å². The maximum atomic E-state index is 13.7. The number of nitrogens with zero attached hydrogens (tertiary/aromatic N) is 1. The molecule has 23 heavy (non-hydrogen) atoms. The molecular weight excluding hydrogens is 350 g/mol. The minimum absolute atomic E-state index is 0.0544. The SMILES string of the molecule is C=CS(=O)(=O)NC[C@H]1CCN(S(=O)(=O)c2ccc(F)cc2F)C1. The third-order valence-corrected chi connectivity index (χ3v) is 6.46. The van der Waals surface area contributed by atoms with Gasteiger partial charge < -0.3 is 0 Å². The van der Waals surface area contributed by atoms with Crippen molar-refractivity contribution >= 4 is 20.0 Å². The summed E-state index contributed by atoms with van der Waals surface area (Å²) in [7, 11) is -7.66. The summed E-state index contributed by atoms with van der Waals surface area (Å²) in [5.74, 6) is -2.25. The van der Waals surface area contributed by atoms with E-state index in [0.717, 1.165) is 21.8 Å². The van der Waals surface area contributed by atoms with Gasteiger partial charge in [-0.2, -0.15) is 4.31 Å². The van der Waals surface area contributed by atoms with E-state index in [-0.39, 0.29) is 25.6 Å². The molecule has 2 rings (SSSR count). The van der Waals surface area contributed by atoms with Crippen LogP contribution >= 0.6 is 0 Å². The molecule has 1 saturated heterocycles. The topological polar surface area (TPSA) is 83.6 Å². The highest BCUT2D eigenvalue weighted by Gasteiger charge is 2.34. The van der Waals surface area contributed by atoms with Crippen molar-refractivity contribution in [2.75, 3.05) is 19.6 Å². The minimum atomic E-state index is -4.08. The first kappa shape index (κ1) is 18.0. The predicted molar refractivity (Wildman–Crippen MR) is 80.3 cm³/mol.